The van der Waals surface area contributed by atoms with Crippen LogP contribution in [0.3, 0.4) is 0 Å². The maximum Gasteiger partial charge on any atom is 0.472 e. The molecule has 0 rings (SSSR count). The summed E-state index contributed by atoms with van der Waals surface area (Å²) in [5.41, 5.74) is 0. The van der Waals surface area contributed by atoms with Crippen molar-refractivity contribution in [1.29, 1.82) is 0 Å². The van der Waals surface area contributed by atoms with Crippen molar-refractivity contribution in [1.82, 2.24) is 0 Å². The number of rotatable bonds is 47. The Kier molecular flexibility index (Phi) is 46.8. The maximum absolute atomic E-state index is 12.8. The molecule has 0 aromatic rings. The van der Waals surface area contributed by atoms with E-state index in [4.69, 9.17) is 18.5 Å². The fraction of sp³-hybridized carbons (Fsp3) is 0.627. The zero-order valence-electron chi connectivity index (χ0n) is 44.2. The Morgan fingerprint density at radius 2 is 0.826 bits per heavy atom. The number of phosphoric acid groups is 1. The van der Waals surface area contributed by atoms with Gasteiger partial charge in [0.25, 0.3) is 0 Å². The highest BCUT2D eigenvalue weighted by molar-refractivity contribution is 7.47. The Hall–Kier alpha value is -3.59. The van der Waals surface area contributed by atoms with Crippen LogP contribution in [-0.4, -0.2) is 74.9 Å². The second-order valence-electron chi connectivity index (χ2n) is 18.5. The number of phosphoric ester groups is 1. The number of ether oxygens (including phenoxy) is 2. The van der Waals surface area contributed by atoms with E-state index >= 15 is 0 Å². The van der Waals surface area contributed by atoms with Crippen LogP contribution in [0.4, 0.5) is 0 Å². The van der Waals surface area contributed by atoms with Gasteiger partial charge >= 0.3 is 19.8 Å². The summed E-state index contributed by atoms with van der Waals surface area (Å²) in [4.78, 5) is 35.6. The molecule has 2 unspecified atom stereocenters. The lowest BCUT2D eigenvalue weighted by atomic mass is 10.1. The molecular formula is C59H99NO8P+. The number of hydrogen-bond acceptors (Lipinski definition) is 7. The maximum atomic E-state index is 12.8. The number of carbonyl (C=O) groups is 2. The molecule has 0 radical (unpaired) electrons. The average molecular weight is 981 g/mol. The summed E-state index contributed by atoms with van der Waals surface area (Å²) in [6.45, 7) is 4.23. The van der Waals surface area contributed by atoms with E-state index in [1.54, 1.807) is 0 Å². The van der Waals surface area contributed by atoms with Crippen LogP contribution in [0.5, 0.6) is 0 Å². The van der Waals surface area contributed by atoms with Gasteiger partial charge in [-0.25, -0.2) is 4.57 Å². The van der Waals surface area contributed by atoms with Crippen LogP contribution in [0.15, 0.2) is 122 Å². The summed E-state index contributed by atoms with van der Waals surface area (Å²) in [6.07, 6.45) is 69.7. The third-order valence-electron chi connectivity index (χ3n) is 10.7. The van der Waals surface area contributed by atoms with Crippen LogP contribution in [0, 0.1) is 0 Å². The van der Waals surface area contributed by atoms with Crippen molar-refractivity contribution < 1.29 is 42.1 Å². The van der Waals surface area contributed by atoms with E-state index in [-0.39, 0.29) is 26.1 Å². The number of unbranched alkanes of at least 4 members (excludes halogenated alkanes) is 13. The normalized spacial score (nSPS) is 14.3. The number of hydrogen-bond donors (Lipinski definition) is 1. The van der Waals surface area contributed by atoms with E-state index in [9.17, 15) is 19.0 Å². The van der Waals surface area contributed by atoms with Crippen molar-refractivity contribution in [3.8, 4) is 0 Å². The summed E-state index contributed by atoms with van der Waals surface area (Å²) in [6, 6.07) is 0. The molecule has 0 aliphatic heterocycles. The smallest absolute Gasteiger partial charge is 0.462 e. The molecule has 0 amide bonds. The second-order valence-corrected chi connectivity index (χ2v) is 20.0. The minimum Gasteiger partial charge on any atom is -0.462 e. The zero-order chi connectivity index (χ0) is 50.6. The lowest BCUT2D eigenvalue weighted by molar-refractivity contribution is -0.870. The van der Waals surface area contributed by atoms with Gasteiger partial charge < -0.3 is 18.9 Å². The molecular weight excluding hydrogens is 882 g/mol. The lowest BCUT2D eigenvalue weighted by Gasteiger charge is -2.24. The second kappa shape index (κ2) is 49.4. The van der Waals surface area contributed by atoms with Gasteiger partial charge in [-0.15, -0.1) is 0 Å². The van der Waals surface area contributed by atoms with Gasteiger partial charge in [-0.3, -0.25) is 18.6 Å². The van der Waals surface area contributed by atoms with E-state index in [0.717, 1.165) is 116 Å². The number of carbonyl (C=O) groups excluding carboxylic acids is 2. The Labute approximate surface area is 422 Å². The van der Waals surface area contributed by atoms with Gasteiger partial charge in [-0.2, -0.15) is 0 Å². The first-order valence-corrected chi connectivity index (χ1v) is 28.3. The van der Waals surface area contributed by atoms with Crippen molar-refractivity contribution in [3.05, 3.63) is 122 Å². The Balaban J connectivity index is 4.33. The Bertz CT molecular complexity index is 1580. The van der Waals surface area contributed by atoms with E-state index in [2.05, 4.69) is 135 Å². The monoisotopic (exact) mass is 981 g/mol. The molecule has 0 saturated heterocycles. The van der Waals surface area contributed by atoms with Crippen molar-refractivity contribution in [2.75, 3.05) is 47.5 Å². The SMILES string of the molecule is CC/C=C\C/C=C\C/C=C\C/C=C\C/C=C\C/C=C\C/C=C\C/C=C\CCCCCCC(=O)OC(COC(=O)CCCCCCC/C=C\C/C=C\CCCCCC)COP(=O)(O)OCC[N+](C)(C)C. The standard InChI is InChI=1S/C59H98NO8P/c1-6-8-10-12-14-16-18-20-22-24-25-26-27-28-29-30-31-32-33-34-35-36-38-40-42-44-46-48-50-52-59(62)68-57(56-67-69(63,64)66-54-53-60(3,4)5)55-65-58(61)51-49-47-45-43-41-39-37-23-21-19-17-15-13-11-9-7-2/h8,10,14,16-17,19-20,22-23,25-26,28-29,31-32,34-35,37-38,40,57H,6-7,9,11-13,15,18,21,24,27,30,33,36,39,41-56H2,1-5H3/p+1/b10-8-,16-14-,19-17-,22-20-,26-25-,29-28-,32-31-,35-34-,37-23-,40-38-. The highest BCUT2D eigenvalue weighted by Crippen LogP contribution is 2.43. The molecule has 0 bridgehead atoms. The average Bonchev–Trinajstić information content (AvgIpc) is 3.31. The number of nitrogens with zero attached hydrogens (tertiary/aromatic N) is 1. The number of quaternary nitrogens is 1. The highest BCUT2D eigenvalue weighted by Gasteiger charge is 2.27. The summed E-state index contributed by atoms with van der Waals surface area (Å²) >= 11 is 0. The molecule has 0 fully saturated rings. The van der Waals surface area contributed by atoms with E-state index in [1.165, 1.54) is 32.1 Å². The molecule has 0 spiro atoms. The van der Waals surface area contributed by atoms with Gasteiger partial charge in [-0.05, 0) is 109 Å². The molecule has 0 aromatic heterocycles. The summed E-state index contributed by atoms with van der Waals surface area (Å²) < 4.78 is 34.4. The lowest BCUT2D eigenvalue weighted by Crippen LogP contribution is -2.37. The molecule has 1 N–H and O–H groups in total. The number of likely N-dealkylation sites (N-methyl/N-ethyl adjacent to an activating group) is 1. The number of allylic oxidation sites excluding steroid dienone is 20. The largest absolute Gasteiger partial charge is 0.472 e. The van der Waals surface area contributed by atoms with Crippen molar-refractivity contribution in [2.24, 2.45) is 0 Å². The molecule has 9 nitrogen and oxygen atoms in total. The van der Waals surface area contributed by atoms with Crippen LogP contribution >= 0.6 is 7.82 Å². The van der Waals surface area contributed by atoms with Gasteiger partial charge in [-0.1, -0.05) is 187 Å². The fourth-order valence-electron chi connectivity index (χ4n) is 6.59. The molecule has 0 heterocycles. The summed E-state index contributed by atoms with van der Waals surface area (Å²) in [5.74, 6) is -0.854. The van der Waals surface area contributed by atoms with Crippen LogP contribution in [0.25, 0.3) is 0 Å². The van der Waals surface area contributed by atoms with Gasteiger partial charge in [0.05, 0.1) is 27.7 Å². The topological polar surface area (TPSA) is 108 Å². The molecule has 0 aliphatic carbocycles. The van der Waals surface area contributed by atoms with Crippen LogP contribution in [0.2, 0.25) is 0 Å². The Morgan fingerprint density at radius 1 is 0.464 bits per heavy atom. The van der Waals surface area contributed by atoms with Gasteiger partial charge in [0.2, 0.25) is 0 Å². The minimum atomic E-state index is -4.40. The molecule has 0 saturated carbocycles. The molecule has 10 heteroatoms. The van der Waals surface area contributed by atoms with E-state index in [0.29, 0.717) is 23.9 Å². The molecule has 0 aliphatic rings. The van der Waals surface area contributed by atoms with E-state index < -0.39 is 32.5 Å². The van der Waals surface area contributed by atoms with E-state index in [1.807, 2.05) is 21.1 Å². The zero-order valence-corrected chi connectivity index (χ0v) is 45.1. The predicted molar refractivity (Wildman–Crippen MR) is 293 cm³/mol. The summed E-state index contributed by atoms with van der Waals surface area (Å²) in [5, 5.41) is 0. The number of esters is 2. The Morgan fingerprint density at radius 3 is 1.23 bits per heavy atom. The van der Waals surface area contributed by atoms with Gasteiger partial charge in [0.15, 0.2) is 6.10 Å². The first-order chi connectivity index (χ1) is 33.5. The predicted octanol–water partition coefficient (Wildman–Crippen LogP) is 16.4. The van der Waals surface area contributed by atoms with Crippen LogP contribution < -0.4 is 0 Å². The fourth-order valence-corrected chi connectivity index (χ4v) is 7.33. The first-order valence-electron chi connectivity index (χ1n) is 26.8. The third kappa shape index (κ3) is 53.6. The van der Waals surface area contributed by atoms with Crippen molar-refractivity contribution >= 4 is 19.8 Å². The highest BCUT2D eigenvalue weighted by atomic mass is 31.2. The first kappa shape index (κ1) is 65.4. The van der Waals surface area contributed by atoms with Crippen LogP contribution in [-0.2, 0) is 32.7 Å². The van der Waals surface area contributed by atoms with Crippen molar-refractivity contribution in [2.45, 2.75) is 193 Å². The van der Waals surface area contributed by atoms with Gasteiger partial charge in [0, 0.05) is 12.8 Å². The molecule has 69 heavy (non-hydrogen) atoms. The quantitative estimate of drug-likeness (QED) is 0.0211. The molecule has 392 valence electrons. The minimum absolute atomic E-state index is 0.0168. The molecule has 2 atom stereocenters. The third-order valence-corrected chi connectivity index (χ3v) is 11.7. The van der Waals surface area contributed by atoms with Crippen molar-refractivity contribution in [3.63, 3.8) is 0 Å². The van der Waals surface area contributed by atoms with Crippen LogP contribution in [0.1, 0.15) is 187 Å². The van der Waals surface area contributed by atoms with Gasteiger partial charge in [0.1, 0.15) is 19.8 Å². The molecule has 0 aromatic carbocycles. The summed E-state index contributed by atoms with van der Waals surface area (Å²) in [7, 11) is 1.43.